The maximum absolute atomic E-state index is 12.7. The number of nitrogens with one attached hydrogen (secondary N) is 1. The van der Waals surface area contributed by atoms with Crippen molar-refractivity contribution in [3.8, 4) is 0 Å². The van der Waals surface area contributed by atoms with Crippen LogP contribution in [-0.4, -0.2) is 36.9 Å². The van der Waals surface area contributed by atoms with E-state index in [9.17, 15) is 9.59 Å². The highest BCUT2D eigenvalue weighted by atomic mass is 32.1. The fourth-order valence-electron chi connectivity index (χ4n) is 2.14. The molecule has 0 saturated heterocycles. The van der Waals surface area contributed by atoms with Gasteiger partial charge in [-0.15, -0.1) is 11.3 Å². The Hall–Kier alpha value is -2.08. The van der Waals surface area contributed by atoms with E-state index in [-0.39, 0.29) is 18.4 Å². The number of benzene rings is 1. The lowest BCUT2D eigenvalue weighted by atomic mass is 10.2. The van der Waals surface area contributed by atoms with Crippen molar-refractivity contribution >= 4 is 38.9 Å². The van der Waals surface area contributed by atoms with E-state index < -0.39 is 0 Å². The first kappa shape index (κ1) is 15.3. The number of anilines is 1. The van der Waals surface area contributed by atoms with Gasteiger partial charge in [-0.05, 0) is 12.5 Å². The Morgan fingerprint density at radius 3 is 2.67 bits per heavy atom. The van der Waals surface area contributed by atoms with Gasteiger partial charge in [0.25, 0.3) is 5.91 Å². The van der Waals surface area contributed by atoms with Crippen LogP contribution in [0.3, 0.4) is 0 Å². The molecule has 21 heavy (non-hydrogen) atoms. The molecule has 0 aliphatic carbocycles. The first-order valence-corrected chi connectivity index (χ1v) is 7.67. The molecule has 0 aliphatic heterocycles. The van der Waals surface area contributed by atoms with E-state index in [0.29, 0.717) is 17.1 Å². The van der Waals surface area contributed by atoms with Crippen LogP contribution in [0.25, 0.3) is 10.1 Å². The number of nitrogen functional groups attached to an aromatic ring is 1. The van der Waals surface area contributed by atoms with Gasteiger partial charge < -0.3 is 16.0 Å². The van der Waals surface area contributed by atoms with Crippen molar-refractivity contribution in [3.63, 3.8) is 0 Å². The van der Waals surface area contributed by atoms with Gasteiger partial charge >= 0.3 is 0 Å². The van der Waals surface area contributed by atoms with Gasteiger partial charge in [-0.2, -0.15) is 0 Å². The Morgan fingerprint density at radius 2 is 2.05 bits per heavy atom. The first-order chi connectivity index (χ1) is 10.1. The summed E-state index contributed by atoms with van der Waals surface area (Å²) in [5, 5.41) is 3.43. The molecule has 0 fully saturated rings. The minimum absolute atomic E-state index is 0.0524. The number of fused-ring (bicyclic) bond motifs is 1. The van der Waals surface area contributed by atoms with E-state index in [1.54, 1.807) is 11.9 Å². The van der Waals surface area contributed by atoms with Crippen molar-refractivity contribution in [1.29, 1.82) is 0 Å². The summed E-state index contributed by atoms with van der Waals surface area (Å²) in [5.74, 6) is -0.365. The summed E-state index contributed by atoms with van der Waals surface area (Å²) in [7, 11) is 1.56. The third-order valence-corrected chi connectivity index (χ3v) is 4.40. The monoisotopic (exact) mass is 305 g/mol. The Morgan fingerprint density at radius 1 is 1.33 bits per heavy atom. The zero-order valence-electron chi connectivity index (χ0n) is 12.2. The molecule has 5 nitrogen and oxygen atoms in total. The van der Waals surface area contributed by atoms with Gasteiger partial charge in [0, 0.05) is 23.7 Å². The summed E-state index contributed by atoms with van der Waals surface area (Å²) in [6.07, 6.45) is 0.785. The molecule has 0 saturated carbocycles. The molecule has 0 spiro atoms. The van der Waals surface area contributed by atoms with Crippen LogP contribution in [0.1, 0.15) is 23.0 Å². The summed E-state index contributed by atoms with van der Waals surface area (Å²) >= 11 is 1.37. The number of carbonyl (C=O) groups is 2. The minimum Gasteiger partial charge on any atom is -0.397 e. The summed E-state index contributed by atoms with van der Waals surface area (Å²) in [6, 6.07) is 7.66. The molecule has 2 amide bonds. The smallest absolute Gasteiger partial charge is 0.266 e. The van der Waals surface area contributed by atoms with Gasteiger partial charge in [0.2, 0.25) is 5.91 Å². The number of hydrogen-bond acceptors (Lipinski definition) is 4. The topological polar surface area (TPSA) is 75.4 Å². The van der Waals surface area contributed by atoms with Crippen molar-refractivity contribution in [3.05, 3.63) is 29.1 Å². The minimum atomic E-state index is -0.184. The highest BCUT2D eigenvalue weighted by Crippen LogP contribution is 2.34. The van der Waals surface area contributed by atoms with Crippen LogP contribution in [-0.2, 0) is 4.79 Å². The Bertz CT molecular complexity index is 666. The van der Waals surface area contributed by atoms with Crippen LogP contribution < -0.4 is 11.1 Å². The molecule has 0 bridgehead atoms. The molecule has 0 aliphatic rings. The van der Waals surface area contributed by atoms with Gasteiger partial charge in [-0.3, -0.25) is 9.59 Å². The lowest BCUT2D eigenvalue weighted by molar-refractivity contribution is -0.121. The second-order valence-corrected chi connectivity index (χ2v) is 5.79. The summed E-state index contributed by atoms with van der Waals surface area (Å²) in [4.78, 5) is 26.3. The highest BCUT2D eigenvalue weighted by Gasteiger charge is 2.22. The van der Waals surface area contributed by atoms with Crippen molar-refractivity contribution in [1.82, 2.24) is 10.2 Å². The number of nitrogens with two attached hydrogens (primary N) is 1. The number of hydrogen-bond donors (Lipinski definition) is 2. The van der Waals surface area contributed by atoms with Gasteiger partial charge in [-0.1, -0.05) is 25.1 Å². The second kappa shape index (κ2) is 6.58. The highest BCUT2D eigenvalue weighted by molar-refractivity contribution is 7.21. The molecule has 0 radical (unpaired) electrons. The number of rotatable bonds is 5. The maximum Gasteiger partial charge on any atom is 0.266 e. The predicted octanol–water partition coefficient (Wildman–Crippen LogP) is 2.08. The fourth-order valence-corrected chi connectivity index (χ4v) is 3.23. The molecule has 112 valence electrons. The third-order valence-electron chi connectivity index (χ3n) is 3.22. The number of nitrogens with zero attached hydrogens (tertiary/aromatic N) is 1. The van der Waals surface area contributed by atoms with Crippen LogP contribution in [0.2, 0.25) is 0 Å². The average Bonchev–Trinajstić information content (AvgIpc) is 2.83. The average molecular weight is 305 g/mol. The maximum atomic E-state index is 12.7. The van der Waals surface area contributed by atoms with Gasteiger partial charge in [0.1, 0.15) is 4.88 Å². The second-order valence-electron chi connectivity index (χ2n) is 4.74. The number of thiophene rings is 1. The van der Waals surface area contributed by atoms with Crippen molar-refractivity contribution in [2.75, 3.05) is 25.9 Å². The van der Waals surface area contributed by atoms with E-state index >= 15 is 0 Å². The van der Waals surface area contributed by atoms with Crippen LogP contribution in [0.5, 0.6) is 0 Å². The molecule has 6 heteroatoms. The molecule has 0 atom stereocenters. The molecule has 2 rings (SSSR count). The first-order valence-electron chi connectivity index (χ1n) is 6.85. The number of amides is 2. The fraction of sp³-hybridized carbons (Fsp3) is 0.333. The molecule has 0 unspecified atom stereocenters. The van der Waals surface area contributed by atoms with Crippen LogP contribution >= 0.6 is 11.3 Å². The summed E-state index contributed by atoms with van der Waals surface area (Å²) in [6.45, 7) is 2.55. The van der Waals surface area contributed by atoms with Crippen LogP contribution in [0.4, 0.5) is 5.69 Å². The molecule has 1 aromatic carbocycles. The SMILES string of the molecule is CCCN(CC(=O)NC)C(=O)c1sc2ccccc2c1N. The third kappa shape index (κ3) is 3.16. The molecule has 3 N–H and O–H groups in total. The van der Waals surface area contributed by atoms with Gasteiger partial charge in [0.15, 0.2) is 0 Å². The normalized spacial score (nSPS) is 10.6. The predicted molar refractivity (Wildman–Crippen MR) is 86.5 cm³/mol. The quantitative estimate of drug-likeness (QED) is 0.888. The van der Waals surface area contributed by atoms with Gasteiger partial charge in [-0.25, -0.2) is 0 Å². The Kier molecular flexibility index (Phi) is 4.80. The molecule has 2 aromatic rings. The number of carbonyl (C=O) groups excluding carboxylic acids is 2. The zero-order chi connectivity index (χ0) is 15.4. The summed E-state index contributed by atoms with van der Waals surface area (Å²) in [5.41, 5.74) is 6.60. The van der Waals surface area contributed by atoms with Crippen molar-refractivity contribution in [2.24, 2.45) is 0 Å². The lowest BCUT2D eigenvalue weighted by Crippen LogP contribution is -2.40. The number of likely N-dealkylation sites (N-methyl/N-ethyl adjacent to an activating group) is 1. The lowest BCUT2D eigenvalue weighted by Gasteiger charge is -2.20. The summed E-state index contributed by atoms with van der Waals surface area (Å²) < 4.78 is 0.981. The van der Waals surface area contributed by atoms with E-state index in [0.717, 1.165) is 16.5 Å². The van der Waals surface area contributed by atoms with Crippen LogP contribution in [0, 0.1) is 0 Å². The molecular formula is C15H19N3O2S. The Balaban J connectivity index is 2.34. The largest absolute Gasteiger partial charge is 0.397 e. The van der Waals surface area contributed by atoms with Crippen LogP contribution in [0.15, 0.2) is 24.3 Å². The molecule has 1 heterocycles. The van der Waals surface area contributed by atoms with Crippen molar-refractivity contribution in [2.45, 2.75) is 13.3 Å². The molecule has 1 aromatic heterocycles. The van der Waals surface area contributed by atoms with E-state index in [1.807, 2.05) is 31.2 Å². The van der Waals surface area contributed by atoms with E-state index in [2.05, 4.69) is 5.32 Å². The van der Waals surface area contributed by atoms with Gasteiger partial charge in [0.05, 0.1) is 12.2 Å². The molecular weight excluding hydrogens is 286 g/mol. The zero-order valence-corrected chi connectivity index (χ0v) is 13.0. The standard InChI is InChI=1S/C15H19N3O2S/c1-3-8-18(9-12(19)17-2)15(20)14-13(16)10-6-4-5-7-11(10)21-14/h4-7H,3,8-9,16H2,1-2H3,(H,17,19). The Labute approximate surface area is 127 Å². The van der Waals surface area contributed by atoms with E-state index in [1.165, 1.54) is 11.3 Å². The van der Waals surface area contributed by atoms with Crippen molar-refractivity contribution < 1.29 is 9.59 Å². The van der Waals surface area contributed by atoms with E-state index in [4.69, 9.17) is 5.73 Å².